The highest BCUT2D eigenvalue weighted by Crippen LogP contribution is 2.16. The molecule has 2 aromatic carbocycles. The molecule has 0 aliphatic carbocycles. The lowest BCUT2D eigenvalue weighted by atomic mass is 10.2. The summed E-state index contributed by atoms with van der Waals surface area (Å²) in [5, 5.41) is 8.11. The van der Waals surface area contributed by atoms with Gasteiger partial charge in [0.1, 0.15) is 5.82 Å². The topological polar surface area (TPSA) is 79.5 Å². The van der Waals surface area contributed by atoms with Gasteiger partial charge >= 0.3 is 6.03 Å². The van der Waals surface area contributed by atoms with Gasteiger partial charge in [0.25, 0.3) is 5.91 Å². The Hall–Kier alpha value is -2.93. The number of hydrogen-bond donors (Lipinski definition) is 3. The molecular formula is C20H22FN3O3. The second kappa shape index (κ2) is 9.14. The number of ether oxygens (including phenoxy) is 1. The minimum atomic E-state index is -0.428. The number of nitrogens with one attached hydrogen (secondary N) is 3. The van der Waals surface area contributed by atoms with Gasteiger partial charge in [0.2, 0.25) is 0 Å². The molecule has 1 unspecified atom stereocenters. The molecule has 6 nitrogen and oxygen atoms in total. The minimum absolute atomic E-state index is 0.222. The quantitative estimate of drug-likeness (QED) is 0.723. The van der Waals surface area contributed by atoms with E-state index in [-0.39, 0.29) is 18.0 Å². The molecule has 3 amide bonds. The van der Waals surface area contributed by atoms with Crippen LogP contribution in [0.1, 0.15) is 29.6 Å². The Kier molecular flexibility index (Phi) is 6.38. The van der Waals surface area contributed by atoms with Crippen LogP contribution in [0.5, 0.6) is 0 Å². The van der Waals surface area contributed by atoms with E-state index in [0.717, 1.165) is 25.9 Å². The summed E-state index contributed by atoms with van der Waals surface area (Å²) in [7, 11) is 0. The molecule has 7 heteroatoms. The molecule has 1 aliphatic heterocycles. The fourth-order valence-electron chi connectivity index (χ4n) is 2.90. The molecule has 0 spiro atoms. The predicted molar refractivity (Wildman–Crippen MR) is 101 cm³/mol. The van der Waals surface area contributed by atoms with Gasteiger partial charge in [0.15, 0.2) is 0 Å². The Morgan fingerprint density at radius 2 is 1.85 bits per heavy atom. The number of halogens is 1. The van der Waals surface area contributed by atoms with Crippen molar-refractivity contribution >= 4 is 23.3 Å². The van der Waals surface area contributed by atoms with Crippen molar-refractivity contribution in [1.29, 1.82) is 0 Å². The third kappa shape index (κ3) is 5.79. The molecule has 1 heterocycles. The summed E-state index contributed by atoms with van der Waals surface area (Å²) >= 11 is 0. The average Bonchev–Trinajstić information content (AvgIpc) is 3.15. The molecule has 0 aromatic heterocycles. The van der Waals surface area contributed by atoms with Crippen molar-refractivity contribution in [1.82, 2.24) is 5.32 Å². The van der Waals surface area contributed by atoms with Crippen LogP contribution in [0.25, 0.3) is 0 Å². The fourth-order valence-corrected chi connectivity index (χ4v) is 2.90. The highest BCUT2D eigenvalue weighted by Gasteiger charge is 2.15. The molecule has 1 atom stereocenters. The summed E-state index contributed by atoms with van der Waals surface area (Å²) < 4.78 is 18.7. The summed E-state index contributed by atoms with van der Waals surface area (Å²) in [6.07, 6.45) is 3.11. The van der Waals surface area contributed by atoms with E-state index in [2.05, 4.69) is 16.0 Å². The zero-order valence-corrected chi connectivity index (χ0v) is 14.8. The van der Waals surface area contributed by atoms with E-state index in [0.29, 0.717) is 23.5 Å². The largest absolute Gasteiger partial charge is 0.378 e. The van der Waals surface area contributed by atoms with Gasteiger partial charge in [-0.25, -0.2) is 9.18 Å². The molecule has 0 saturated carbocycles. The number of amides is 3. The van der Waals surface area contributed by atoms with Gasteiger partial charge in [-0.15, -0.1) is 0 Å². The van der Waals surface area contributed by atoms with E-state index in [1.807, 2.05) is 0 Å². The highest BCUT2D eigenvalue weighted by molar-refractivity contribution is 6.05. The van der Waals surface area contributed by atoms with Crippen molar-refractivity contribution in [3.8, 4) is 0 Å². The molecule has 1 saturated heterocycles. The zero-order valence-electron chi connectivity index (χ0n) is 14.8. The SMILES string of the molecule is O=C(NCCC1CCCO1)Nc1cccc(C(=O)Nc2cccc(F)c2)c1. The first-order valence-corrected chi connectivity index (χ1v) is 8.93. The number of carbonyl (C=O) groups excluding carboxylic acids is 2. The maximum atomic E-state index is 13.2. The Morgan fingerprint density at radius 1 is 1.07 bits per heavy atom. The number of carbonyl (C=O) groups is 2. The van der Waals surface area contributed by atoms with E-state index >= 15 is 0 Å². The van der Waals surface area contributed by atoms with Gasteiger partial charge in [0, 0.05) is 30.1 Å². The lowest BCUT2D eigenvalue weighted by Gasteiger charge is -2.11. The molecule has 2 aromatic rings. The van der Waals surface area contributed by atoms with Crippen LogP contribution in [0.4, 0.5) is 20.6 Å². The zero-order chi connectivity index (χ0) is 19.1. The molecular weight excluding hydrogens is 349 g/mol. The molecule has 1 aliphatic rings. The summed E-state index contributed by atoms with van der Waals surface area (Å²) in [4.78, 5) is 24.3. The molecule has 142 valence electrons. The van der Waals surface area contributed by atoms with Crippen LogP contribution in [0.2, 0.25) is 0 Å². The van der Waals surface area contributed by atoms with Crippen LogP contribution in [0.3, 0.4) is 0 Å². The van der Waals surface area contributed by atoms with E-state index in [1.165, 1.54) is 18.2 Å². The third-order valence-corrected chi connectivity index (χ3v) is 4.24. The van der Waals surface area contributed by atoms with Gasteiger partial charge in [-0.2, -0.15) is 0 Å². The second-order valence-electron chi connectivity index (χ2n) is 6.35. The lowest BCUT2D eigenvalue weighted by molar-refractivity contribution is 0.102. The Balaban J connectivity index is 1.51. The first-order valence-electron chi connectivity index (χ1n) is 8.93. The Bertz CT molecular complexity index is 807. The van der Waals surface area contributed by atoms with E-state index < -0.39 is 5.82 Å². The van der Waals surface area contributed by atoms with E-state index in [4.69, 9.17) is 4.74 Å². The van der Waals surface area contributed by atoms with Crippen molar-refractivity contribution in [2.45, 2.75) is 25.4 Å². The summed E-state index contributed by atoms with van der Waals surface area (Å²) in [6, 6.07) is 11.9. The van der Waals surface area contributed by atoms with Crippen LogP contribution < -0.4 is 16.0 Å². The monoisotopic (exact) mass is 371 g/mol. The van der Waals surface area contributed by atoms with Crippen LogP contribution >= 0.6 is 0 Å². The molecule has 3 N–H and O–H groups in total. The van der Waals surface area contributed by atoms with Crippen molar-refractivity contribution in [3.63, 3.8) is 0 Å². The molecule has 0 radical (unpaired) electrons. The fraction of sp³-hybridized carbons (Fsp3) is 0.300. The van der Waals surface area contributed by atoms with Gasteiger partial charge in [0.05, 0.1) is 6.10 Å². The standard InChI is InChI=1S/C20H22FN3O3/c21-15-5-2-7-17(13-15)23-19(25)14-4-1-6-16(12-14)24-20(26)22-10-9-18-8-3-11-27-18/h1-2,4-7,12-13,18H,3,8-11H2,(H,23,25)(H2,22,24,26). The summed E-state index contributed by atoms with van der Waals surface area (Å²) in [5.41, 5.74) is 1.22. The van der Waals surface area contributed by atoms with Crippen LogP contribution in [0, 0.1) is 5.82 Å². The molecule has 3 rings (SSSR count). The normalized spacial score (nSPS) is 16.0. The van der Waals surface area contributed by atoms with Gasteiger partial charge in [-0.3, -0.25) is 4.79 Å². The van der Waals surface area contributed by atoms with Gasteiger partial charge < -0.3 is 20.7 Å². The maximum absolute atomic E-state index is 13.2. The molecule has 0 bridgehead atoms. The molecule has 1 fully saturated rings. The maximum Gasteiger partial charge on any atom is 0.319 e. The third-order valence-electron chi connectivity index (χ3n) is 4.24. The summed E-state index contributed by atoms with van der Waals surface area (Å²) in [5.74, 6) is -0.814. The number of rotatable bonds is 6. The highest BCUT2D eigenvalue weighted by atomic mass is 19.1. The van der Waals surface area contributed by atoms with Crippen molar-refractivity contribution in [2.75, 3.05) is 23.8 Å². The molecule has 27 heavy (non-hydrogen) atoms. The average molecular weight is 371 g/mol. The second-order valence-corrected chi connectivity index (χ2v) is 6.35. The number of benzene rings is 2. The van der Waals surface area contributed by atoms with E-state index in [1.54, 1.807) is 30.3 Å². The van der Waals surface area contributed by atoms with Crippen molar-refractivity contribution in [2.24, 2.45) is 0 Å². The predicted octanol–water partition coefficient (Wildman–Crippen LogP) is 3.77. The lowest BCUT2D eigenvalue weighted by Crippen LogP contribution is -2.31. The van der Waals surface area contributed by atoms with Crippen LogP contribution in [-0.2, 0) is 4.74 Å². The van der Waals surface area contributed by atoms with Crippen LogP contribution in [-0.4, -0.2) is 31.2 Å². The van der Waals surface area contributed by atoms with Gasteiger partial charge in [-0.1, -0.05) is 12.1 Å². The minimum Gasteiger partial charge on any atom is -0.378 e. The number of hydrogen-bond acceptors (Lipinski definition) is 3. The smallest absolute Gasteiger partial charge is 0.319 e. The van der Waals surface area contributed by atoms with Crippen molar-refractivity contribution in [3.05, 3.63) is 59.9 Å². The van der Waals surface area contributed by atoms with Gasteiger partial charge in [-0.05, 0) is 55.7 Å². The first kappa shape index (κ1) is 18.8. The Morgan fingerprint density at radius 3 is 2.59 bits per heavy atom. The first-order chi connectivity index (χ1) is 13.1. The summed E-state index contributed by atoms with van der Waals surface area (Å²) in [6.45, 7) is 1.32. The number of urea groups is 1. The Labute approximate surface area is 157 Å². The van der Waals surface area contributed by atoms with Crippen LogP contribution in [0.15, 0.2) is 48.5 Å². The van der Waals surface area contributed by atoms with E-state index in [9.17, 15) is 14.0 Å². The number of anilines is 2. The van der Waals surface area contributed by atoms with Crippen molar-refractivity contribution < 1.29 is 18.7 Å².